The molecule has 0 fully saturated rings. The molecule has 1 heterocycles. The Kier molecular flexibility index (Phi) is 7.13. The molecule has 0 unspecified atom stereocenters. The zero-order valence-corrected chi connectivity index (χ0v) is 19.4. The van der Waals surface area contributed by atoms with Gasteiger partial charge in [0.15, 0.2) is 0 Å². The molecule has 176 valence electrons. The van der Waals surface area contributed by atoms with Crippen molar-refractivity contribution in [3.05, 3.63) is 63.2 Å². The van der Waals surface area contributed by atoms with E-state index in [-0.39, 0.29) is 16.0 Å². The van der Waals surface area contributed by atoms with E-state index in [1.165, 1.54) is 21.3 Å². The number of non-ortho nitro benzene ring substituents is 1. The summed E-state index contributed by atoms with van der Waals surface area (Å²) in [5, 5.41) is 11.3. The van der Waals surface area contributed by atoms with Crippen LogP contribution in [0.4, 0.5) is 11.4 Å². The second kappa shape index (κ2) is 9.67. The number of fused-ring (bicyclic) bond motifs is 1. The zero-order valence-electron chi connectivity index (χ0n) is 18.6. The van der Waals surface area contributed by atoms with Gasteiger partial charge in [-0.25, -0.2) is 13.2 Å². The number of carbonyl (C=O) groups excluding carboxylic acids is 2. The zero-order chi connectivity index (χ0) is 24.3. The molecule has 2 aromatic rings. The molecule has 0 bridgehead atoms. The minimum Gasteiger partial charge on any atom is -0.465 e. The first-order valence-electron chi connectivity index (χ1n) is 10.5. The van der Waals surface area contributed by atoms with Gasteiger partial charge >= 0.3 is 5.97 Å². The number of benzene rings is 2. The van der Waals surface area contributed by atoms with E-state index in [0.29, 0.717) is 43.7 Å². The fraction of sp³-hybridized carbons (Fsp3) is 0.364. The fourth-order valence-electron chi connectivity index (χ4n) is 3.89. The number of carbonyl (C=O) groups is 2. The largest absolute Gasteiger partial charge is 0.465 e. The molecular weight excluding hydrogens is 450 g/mol. The highest BCUT2D eigenvalue weighted by atomic mass is 32.2. The number of methoxy groups -OCH3 is 1. The van der Waals surface area contributed by atoms with Crippen LogP contribution < -0.4 is 4.90 Å². The van der Waals surface area contributed by atoms with E-state index in [1.807, 2.05) is 0 Å². The van der Waals surface area contributed by atoms with Crippen molar-refractivity contribution in [2.45, 2.75) is 31.6 Å². The highest BCUT2D eigenvalue weighted by molar-refractivity contribution is 7.89. The minimum absolute atomic E-state index is 0.0303. The fourth-order valence-corrected chi connectivity index (χ4v) is 5.40. The second-order valence-electron chi connectivity index (χ2n) is 7.46. The topological polar surface area (TPSA) is 127 Å². The van der Waals surface area contributed by atoms with Gasteiger partial charge in [0.25, 0.3) is 11.6 Å². The second-order valence-corrected chi connectivity index (χ2v) is 9.40. The summed E-state index contributed by atoms with van der Waals surface area (Å²) in [5.74, 6) is -1.32. The van der Waals surface area contributed by atoms with E-state index in [4.69, 9.17) is 0 Å². The van der Waals surface area contributed by atoms with E-state index in [0.717, 1.165) is 19.2 Å². The normalized spacial score (nSPS) is 13.5. The van der Waals surface area contributed by atoms with Gasteiger partial charge in [0, 0.05) is 43.0 Å². The molecule has 11 heteroatoms. The Morgan fingerprint density at radius 1 is 1.12 bits per heavy atom. The molecule has 0 saturated carbocycles. The molecule has 0 atom stereocenters. The van der Waals surface area contributed by atoms with E-state index < -0.39 is 32.5 Å². The van der Waals surface area contributed by atoms with Crippen molar-refractivity contribution in [2.24, 2.45) is 0 Å². The molecule has 0 aromatic heterocycles. The lowest BCUT2D eigenvalue weighted by Crippen LogP contribution is -2.36. The first kappa shape index (κ1) is 24.3. The van der Waals surface area contributed by atoms with Crippen molar-refractivity contribution in [2.75, 3.05) is 31.6 Å². The predicted molar refractivity (Wildman–Crippen MR) is 121 cm³/mol. The lowest BCUT2D eigenvalue weighted by Gasteiger charge is -2.30. The standard InChI is InChI=1S/C22H25N3O7S/c1-4-23(5-2)33(30,31)19-8-9-20-15(14-19)7-6-10-24(20)21(26)16-11-17(22(27)32-3)13-18(12-16)25(28)29/h8-9,11-14H,4-7,10H2,1-3H3. The monoisotopic (exact) mass is 475 g/mol. The average molecular weight is 476 g/mol. The SMILES string of the molecule is CCN(CC)S(=O)(=O)c1ccc2c(c1)CCCN2C(=O)c1cc(C(=O)OC)cc([N+](=O)[O-])c1. The quantitative estimate of drug-likeness (QED) is 0.342. The highest BCUT2D eigenvalue weighted by Gasteiger charge is 2.29. The van der Waals surface area contributed by atoms with Crippen molar-refractivity contribution in [3.8, 4) is 0 Å². The summed E-state index contributed by atoms with van der Waals surface area (Å²) in [6, 6.07) is 8.05. The maximum absolute atomic E-state index is 13.3. The van der Waals surface area contributed by atoms with Crippen molar-refractivity contribution in [1.29, 1.82) is 0 Å². The summed E-state index contributed by atoms with van der Waals surface area (Å²) in [6.45, 7) is 4.57. The molecular formula is C22H25N3O7S. The number of nitrogens with zero attached hydrogens (tertiary/aromatic N) is 3. The van der Waals surface area contributed by atoms with Gasteiger partial charge in [-0.15, -0.1) is 0 Å². The highest BCUT2D eigenvalue weighted by Crippen LogP contribution is 2.32. The van der Waals surface area contributed by atoms with Gasteiger partial charge in [0.05, 0.1) is 22.5 Å². The number of hydrogen-bond donors (Lipinski definition) is 0. The number of anilines is 1. The molecule has 0 N–H and O–H groups in total. The van der Waals surface area contributed by atoms with Crippen LogP contribution in [0.2, 0.25) is 0 Å². The van der Waals surface area contributed by atoms with Gasteiger partial charge in [0.1, 0.15) is 0 Å². The summed E-state index contributed by atoms with van der Waals surface area (Å²) in [5.41, 5.74) is 0.696. The molecule has 2 aromatic carbocycles. The smallest absolute Gasteiger partial charge is 0.338 e. The molecule has 0 spiro atoms. The predicted octanol–water partition coefficient (Wildman–Crippen LogP) is 3.00. The number of rotatable bonds is 7. The van der Waals surface area contributed by atoms with Crippen LogP contribution in [-0.4, -0.2) is 56.3 Å². The lowest BCUT2D eigenvalue weighted by molar-refractivity contribution is -0.384. The van der Waals surface area contributed by atoms with Gasteiger partial charge in [-0.2, -0.15) is 4.31 Å². The van der Waals surface area contributed by atoms with Crippen LogP contribution >= 0.6 is 0 Å². The number of nitro benzene ring substituents is 1. The van der Waals surface area contributed by atoms with Crippen molar-refractivity contribution in [1.82, 2.24) is 4.31 Å². The van der Waals surface area contributed by atoms with Gasteiger partial charge in [-0.3, -0.25) is 14.9 Å². The molecule has 0 saturated heterocycles. The summed E-state index contributed by atoms with van der Waals surface area (Å²) in [7, 11) is -2.51. The Balaban J connectivity index is 2.02. The maximum atomic E-state index is 13.3. The Labute approximate surface area is 192 Å². The van der Waals surface area contributed by atoms with Crippen LogP contribution in [0.3, 0.4) is 0 Å². The third kappa shape index (κ3) is 4.74. The van der Waals surface area contributed by atoms with Gasteiger partial charge in [-0.05, 0) is 42.7 Å². The first-order chi connectivity index (χ1) is 15.6. The number of hydrogen-bond acceptors (Lipinski definition) is 7. The number of esters is 1. The third-order valence-electron chi connectivity index (χ3n) is 5.55. The molecule has 0 aliphatic carbocycles. The number of sulfonamides is 1. The number of amides is 1. The van der Waals surface area contributed by atoms with Gasteiger partial charge in [0.2, 0.25) is 10.0 Å². The van der Waals surface area contributed by atoms with Crippen molar-refractivity contribution in [3.63, 3.8) is 0 Å². The van der Waals surface area contributed by atoms with Crippen LogP contribution in [0.5, 0.6) is 0 Å². The van der Waals surface area contributed by atoms with Gasteiger partial charge in [-0.1, -0.05) is 13.8 Å². The van der Waals surface area contributed by atoms with E-state index in [2.05, 4.69) is 4.74 Å². The molecule has 1 aliphatic rings. The summed E-state index contributed by atoms with van der Waals surface area (Å²) in [4.78, 5) is 37.5. The summed E-state index contributed by atoms with van der Waals surface area (Å²) < 4.78 is 31.8. The van der Waals surface area contributed by atoms with Crippen LogP contribution in [0.15, 0.2) is 41.3 Å². The molecule has 1 aliphatic heterocycles. The number of aryl methyl sites for hydroxylation is 1. The molecule has 0 radical (unpaired) electrons. The molecule has 3 rings (SSSR count). The molecule has 1 amide bonds. The Morgan fingerprint density at radius 3 is 2.39 bits per heavy atom. The molecule has 33 heavy (non-hydrogen) atoms. The van der Waals surface area contributed by atoms with Crippen LogP contribution in [0, 0.1) is 10.1 Å². The van der Waals surface area contributed by atoms with Crippen LogP contribution in [-0.2, 0) is 21.2 Å². The average Bonchev–Trinajstić information content (AvgIpc) is 2.82. The third-order valence-corrected chi connectivity index (χ3v) is 7.60. The first-order valence-corrected chi connectivity index (χ1v) is 11.9. The van der Waals surface area contributed by atoms with Crippen molar-refractivity contribution >= 4 is 33.3 Å². The Morgan fingerprint density at radius 2 is 1.79 bits per heavy atom. The maximum Gasteiger partial charge on any atom is 0.338 e. The van der Waals surface area contributed by atoms with E-state index >= 15 is 0 Å². The Bertz CT molecular complexity index is 1210. The van der Waals surface area contributed by atoms with Crippen LogP contribution in [0.25, 0.3) is 0 Å². The summed E-state index contributed by atoms with van der Waals surface area (Å²) in [6.07, 6.45) is 1.18. The Hall–Kier alpha value is -3.31. The van der Waals surface area contributed by atoms with Crippen LogP contribution in [0.1, 0.15) is 46.5 Å². The number of nitro groups is 1. The summed E-state index contributed by atoms with van der Waals surface area (Å²) >= 11 is 0. The lowest BCUT2D eigenvalue weighted by atomic mass is 10.00. The minimum atomic E-state index is -3.65. The van der Waals surface area contributed by atoms with E-state index in [9.17, 15) is 28.1 Å². The van der Waals surface area contributed by atoms with E-state index in [1.54, 1.807) is 26.0 Å². The van der Waals surface area contributed by atoms with Crippen molar-refractivity contribution < 1.29 is 27.7 Å². The molecule has 10 nitrogen and oxygen atoms in total. The van der Waals surface area contributed by atoms with Gasteiger partial charge < -0.3 is 9.64 Å². The number of ether oxygens (including phenoxy) is 1.